The van der Waals surface area contributed by atoms with E-state index in [1.165, 1.54) is 19.3 Å². The van der Waals surface area contributed by atoms with Crippen LogP contribution in [0.2, 0.25) is 5.02 Å². The van der Waals surface area contributed by atoms with Gasteiger partial charge in [0, 0.05) is 5.02 Å². The minimum Gasteiger partial charge on any atom is -0.297 e. The van der Waals surface area contributed by atoms with Gasteiger partial charge in [0.2, 0.25) is 0 Å². The molecule has 0 atom stereocenters. The van der Waals surface area contributed by atoms with Crippen LogP contribution in [0.3, 0.4) is 0 Å². The maximum absolute atomic E-state index is 6.10. The fourth-order valence-electron chi connectivity index (χ4n) is 3.27. The van der Waals surface area contributed by atoms with E-state index >= 15 is 0 Å². The number of benzene rings is 1. The van der Waals surface area contributed by atoms with E-state index in [-0.39, 0.29) is 5.54 Å². The largest absolute Gasteiger partial charge is 0.297 e. The Labute approximate surface area is 129 Å². The quantitative estimate of drug-likeness (QED) is 0.874. The van der Waals surface area contributed by atoms with Crippen molar-refractivity contribution in [3.05, 3.63) is 35.1 Å². The Balaban J connectivity index is 2.08. The number of tetrazole rings is 1. The Hall–Kier alpha value is -1.46. The highest BCUT2D eigenvalue weighted by atomic mass is 35.5. The van der Waals surface area contributed by atoms with Crippen molar-refractivity contribution in [2.75, 3.05) is 14.1 Å². The van der Waals surface area contributed by atoms with Crippen LogP contribution in [0.1, 0.15) is 37.9 Å². The highest BCUT2D eigenvalue weighted by molar-refractivity contribution is 6.30. The van der Waals surface area contributed by atoms with Gasteiger partial charge in [-0.2, -0.15) is 4.68 Å². The summed E-state index contributed by atoms with van der Waals surface area (Å²) in [5, 5.41) is 13.2. The van der Waals surface area contributed by atoms with Gasteiger partial charge in [-0.15, -0.1) is 5.10 Å². The van der Waals surface area contributed by atoms with Gasteiger partial charge in [0.25, 0.3) is 0 Å². The molecule has 0 aliphatic heterocycles. The molecule has 1 fully saturated rings. The lowest BCUT2D eigenvalue weighted by Gasteiger charge is -2.41. The van der Waals surface area contributed by atoms with Gasteiger partial charge in [0.1, 0.15) is 0 Å². The minimum atomic E-state index is -0.0932. The highest BCUT2D eigenvalue weighted by Crippen LogP contribution is 2.40. The summed E-state index contributed by atoms with van der Waals surface area (Å²) >= 11 is 6.10. The monoisotopic (exact) mass is 305 g/mol. The zero-order valence-corrected chi connectivity index (χ0v) is 13.2. The van der Waals surface area contributed by atoms with E-state index in [0.717, 1.165) is 24.4 Å². The molecule has 1 aliphatic rings. The lowest BCUT2D eigenvalue weighted by molar-refractivity contribution is 0.0865. The van der Waals surface area contributed by atoms with Gasteiger partial charge in [-0.25, -0.2) is 0 Å². The normalized spacial score (nSPS) is 18.1. The Morgan fingerprint density at radius 1 is 1.19 bits per heavy atom. The predicted molar refractivity (Wildman–Crippen MR) is 82.6 cm³/mol. The minimum absolute atomic E-state index is 0.0932. The summed E-state index contributed by atoms with van der Waals surface area (Å²) in [6.07, 6.45) is 5.87. The maximum Gasteiger partial charge on any atom is 0.176 e. The van der Waals surface area contributed by atoms with Gasteiger partial charge in [-0.1, -0.05) is 36.9 Å². The number of hydrogen-bond donors (Lipinski definition) is 0. The molecule has 0 unspecified atom stereocenters. The van der Waals surface area contributed by atoms with E-state index in [0.29, 0.717) is 5.02 Å². The molecule has 1 aromatic carbocycles. The molecular weight excluding hydrogens is 286 g/mol. The van der Waals surface area contributed by atoms with Crippen LogP contribution in [0, 0.1) is 0 Å². The molecule has 0 spiro atoms. The number of nitrogens with zero attached hydrogens (tertiary/aromatic N) is 5. The maximum atomic E-state index is 6.10. The van der Waals surface area contributed by atoms with Crippen molar-refractivity contribution in [1.82, 2.24) is 25.1 Å². The molecule has 0 saturated heterocycles. The highest BCUT2D eigenvalue weighted by Gasteiger charge is 2.41. The molecule has 6 heteroatoms. The van der Waals surface area contributed by atoms with Crippen LogP contribution in [0.25, 0.3) is 5.69 Å². The molecule has 1 aromatic heterocycles. The van der Waals surface area contributed by atoms with E-state index < -0.39 is 0 Å². The summed E-state index contributed by atoms with van der Waals surface area (Å²) < 4.78 is 1.83. The van der Waals surface area contributed by atoms with Crippen molar-refractivity contribution in [3.8, 4) is 5.69 Å². The van der Waals surface area contributed by atoms with Crippen LogP contribution in [0.4, 0.5) is 0 Å². The second kappa shape index (κ2) is 5.73. The fourth-order valence-corrected chi connectivity index (χ4v) is 3.45. The standard InChI is InChI=1S/C15H20ClN5/c1-20(2)15(9-4-3-5-10-15)14-17-18-19-21(14)13-8-6-7-12(16)11-13/h6-8,11H,3-5,9-10H2,1-2H3. The Bertz CT molecular complexity index is 616. The average Bonchev–Trinajstić information content (AvgIpc) is 2.97. The third-order valence-electron chi connectivity index (χ3n) is 4.48. The third-order valence-corrected chi connectivity index (χ3v) is 4.71. The molecule has 1 heterocycles. The van der Waals surface area contributed by atoms with Crippen LogP contribution >= 0.6 is 11.6 Å². The van der Waals surface area contributed by atoms with Crippen molar-refractivity contribution in [3.63, 3.8) is 0 Å². The summed E-state index contributed by atoms with van der Waals surface area (Å²) in [6, 6.07) is 7.66. The van der Waals surface area contributed by atoms with Crippen LogP contribution in [-0.4, -0.2) is 39.2 Å². The molecular formula is C15H20ClN5. The summed E-state index contributed by atoms with van der Waals surface area (Å²) in [5.41, 5.74) is 0.818. The Morgan fingerprint density at radius 2 is 1.95 bits per heavy atom. The molecule has 0 N–H and O–H groups in total. The molecule has 21 heavy (non-hydrogen) atoms. The molecule has 112 valence electrons. The first kappa shape index (κ1) is 14.5. The van der Waals surface area contributed by atoms with E-state index in [1.54, 1.807) is 0 Å². The molecule has 0 bridgehead atoms. The third kappa shape index (κ3) is 2.56. The van der Waals surface area contributed by atoms with Crippen molar-refractivity contribution >= 4 is 11.6 Å². The SMILES string of the molecule is CN(C)C1(c2nnnn2-c2cccc(Cl)c2)CCCCC1. The van der Waals surface area contributed by atoms with Gasteiger partial charge in [-0.3, -0.25) is 4.90 Å². The van der Waals surface area contributed by atoms with Crippen LogP contribution in [0.15, 0.2) is 24.3 Å². The average molecular weight is 306 g/mol. The van der Waals surface area contributed by atoms with Crippen LogP contribution in [-0.2, 0) is 5.54 Å². The first-order valence-corrected chi connectivity index (χ1v) is 7.73. The molecule has 3 rings (SSSR count). The summed E-state index contributed by atoms with van der Waals surface area (Å²) in [4.78, 5) is 2.26. The second-order valence-corrected chi connectivity index (χ2v) is 6.32. The van der Waals surface area contributed by atoms with Crippen molar-refractivity contribution in [2.24, 2.45) is 0 Å². The Kier molecular flexibility index (Phi) is 3.95. The first-order valence-electron chi connectivity index (χ1n) is 7.36. The Morgan fingerprint density at radius 3 is 2.62 bits per heavy atom. The molecule has 5 nitrogen and oxygen atoms in total. The van der Waals surface area contributed by atoms with Crippen molar-refractivity contribution < 1.29 is 0 Å². The molecule has 1 saturated carbocycles. The van der Waals surface area contributed by atoms with Gasteiger partial charge >= 0.3 is 0 Å². The van der Waals surface area contributed by atoms with E-state index in [4.69, 9.17) is 11.6 Å². The van der Waals surface area contributed by atoms with Gasteiger partial charge in [-0.05, 0) is 55.6 Å². The van der Waals surface area contributed by atoms with Gasteiger partial charge in [0.15, 0.2) is 5.82 Å². The topological polar surface area (TPSA) is 46.8 Å². The predicted octanol–water partition coefficient (Wildman–Crippen LogP) is 3.04. The molecule has 0 radical (unpaired) electrons. The fraction of sp³-hybridized carbons (Fsp3) is 0.533. The molecule has 2 aromatic rings. The van der Waals surface area contributed by atoms with E-state index in [2.05, 4.69) is 34.5 Å². The second-order valence-electron chi connectivity index (χ2n) is 5.88. The van der Waals surface area contributed by atoms with E-state index in [9.17, 15) is 0 Å². The smallest absolute Gasteiger partial charge is 0.176 e. The van der Waals surface area contributed by atoms with Crippen LogP contribution < -0.4 is 0 Å². The number of hydrogen-bond acceptors (Lipinski definition) is 4. The van der Waals surface area contributed by atoms with Crippen molar-refractivity contribution in [2.45, 2.75) is 37.6 Å². The van der Waals surface area contributed by atoms with Crippen LogP contribution in [0.5, 0.6) is 0 Å². The number of halogens is 1. The lowest BCUT2D eigenvalue weighted by atomic mass is 9.80. The number of rotatable bonds is 3. The first-order chi connectivity index (χ1) is 10.1. The summed E-state index contributed by atoms with van der Waals surface area (Å²) in [7, 11) is 4.23. The lowest BCUT2D eigenvalue weighted by Crippen LogP contribution is -2.45. The summed E-state index contributed by atoms with van der Waals surface area (Å²) in [5.74, 6) is 0.912. The van der Waals surface area contributed by atoms with Gasteiger partial charge in [0.05, 0.1) is 11.2 Å². The van der Waals surface area contributed by atoms with E-state index in [1.807, 2.05) is 28.9 Å². The molecule has 0 amide bonds. The zero-order valence-electron chi connectivity index (χ0n) is 12.5. The summed E-state index contributed by atoms with van der Waals surface area (Å²) in [6.45, 7) is 0. The number of aromatic nitrogens is 4. The van der Waals surface area contributed by atoms with Crippen molar-refractivity contribution in [1.29, 1.82) is 0 Å². The zero-order chi connectivity index (χ0) is 14.9. The van der Waals surface area contributed by atoms with Gasteiger partial charge < -0.3 is 0 Å². The molecule has 1 aliphatic carbocycles.